The molecular formula is C11H7ClFNO. The third-order valence-electron chi connectivity index (χ3n) is 1.92. The molecule has 76 valence electrons. The summed E-state index contributed by atoms with van der Waals surface area (Å²) in [4.78, 5) is 3.80. The highest BCUT2D eigenvalue weighted by Crippen LogP contribution is 2.25. The predicted molar refractivity (Wildman–Crippen MR) is 56.3 cm³/mol. The van der Waals surface area contributed by atoms with Crippen molar-refractivity contribution in [3.05, 3.63) is 47.5 Å². The number of nitrogens with zero attached hydrogens (tertiary/aromatic N) is 1. The lowest BCUT2D eigenvalue weighted by Gasteiger charge is -2.02. The molecule has 0 radical (unpaired) electrons. The molecule has 2 aromatic rings. The van der Waals surface area contributed by atoms with E-state index in [0.717, 1.165) is 0 Å². The molecule has 2 rings (SSSR count). The fraction of sp³-hybridized carbons (Fsp3) is 0. The van der Waals surface area contributed by atoms with E-state index < -0.39 is 5.82 Å². The first kappa shape index (κ1) is 9.93. The van der Waals surface area contributed by atoms with Gasteiger partial charge in [0.25, 0.3) is 0 Å². The van der Waals surface area contributed by atoms with E-state index in [1.165, 1.54) is 30.6 Å². The Morgan fingerprint density at radius 3 is 2.53 bits per heavy atom. The molecule has 0 atom stereocenters. The minimum Gasteiger partial charge on any atom is -0.506 e. The maximum absolute atomic E-state index is 13.0. The maximum Gasteiger partial charge on any atom is 0.134 e. The van der Waals surface area contributed by atoms with E-state index in [1.54, 1.807) is 6.07 Å². The molecule has 15 heavy (non-hydrogen) atoms. The molecule has 0 amide bonds. The summed E-state index contributed by atoms with van der Waals surface area (Å²) in [6.45, 7) is 0. The summed E-state index contributed by atoms with van der Waals surface area (Å²) in [5.74, 6) is -0.381. The van der Waals surface area contributed by atoms with Crippen LogP contribution in [0.1, 0.15) is 0 Å². The summed E-state index contributed by atoms with van der Waals surface area (Å²) < 4.78 is 13.0. The van der Waals surface area contributed by atoms with Crippen molar-refractivity contribution in [3.8, 4) is 16.9 Å². The van der Waals surface area contributed by atoms with Gasteiger partial charge in [0.15, 0.2) is 0 Å². The van der Waals surface area contributed by atoms with Crippen molar-refractivity contribution in [1.82, 2.24) is 4.98 Å². The molecule has 1 aromatic heterocycles. The molecule has 1 aromatic carbocycles. The van der Waals surface area contributed by atoms with Gasteiger partial charge in [0.2, 0.25) is 0 Å². The van der Waals surface area contributed by atoms with Crippen molar-refractivity contribution >= 4 is 11.6 Å². The highest BCUT2D eigenvalue weighted by Gasteiger charge is 2.03. The van der Waals surface area contributed by atoms with Crippen LogP contribution in [0.2, 0.25) is 5.02 Å². The maximum atomic E-state index is 13.0. The van der Waals surface area contributed by atoms with E-state index >= 15 is 0 Å². The summed E-state index contributed by atoms with van der Waals surface area (Å²) in [7, 11) is 0. The van der Waals surface area contributed by atoms with Crippen LogP contribution in [0.15, 0.2) is 36.7 Å². The Hall–Kier alpha value is -1.61. The number of pyridine rings is 1. The number of rotatable bonds is 1. The number of hydrogen-bond acceptors (Lipinski definition) is 2. The van der Waals surface area contributed by atoms with Crippen molar-refractivity contribution < 1.29 is 9.50 Å². The second kappa shape index (κ2) is 3.87. The molecular weight excluding hydrogens is 217 g/mol. The Labute approximate surface area is 91.0 Å². The standard InChI is InChI=1S/C11H7ClFNO/c12-9-1-7(2-10(13)4-9)8-3-11(15)6-14-5-8/h1-6,15H. The van der Waals surface area contributed by atoms with Gasteiger partial charge in [-0.15, -0.1) is 0 Å². The summed E-state index contributed by atoms with van der Waals surface area (Å²) in [5, 5.41) is 9.54. The molecule has 0 fully saturated rings. The van der Waals surface area contributed by atoms with Gasteiger partial charge in [-0.25, -0.2) is 4.39 Å². The summed E-state index contributed by atoms with van der Waals surface area (Å²) in [6.07, 6.45) is 2.84. The molecule has 0 spiro atoms. The molecule has 0 saturated carbocycles. The largest absolute Gasteiger partial charge is 0.506 e. The van der Waals surface area contributed by atoms with Crippen molar-refractivity contribution in [2.75, 3.05) is 0 Å². The van der Waals surface area contributed by atoms with Gasteiger partial charge < -0.3 is 5.11 Å². The van der Waals surface area contributed by atoms with Crippen LogP contribution in [0.3, 0.4) is 0 Å². The third kappa shape index (κ3) is 2.25. The lowest BCUT2D eigenvalue weighted by atomic mass is 10.1. The Balaban J connectivity index is 2.54. The zero-order valence-corrected chi connectivity index (χ0v) is 8.37. The Morgan fingerprint density at radius 2 is 1.87 bits per heavy atom. The third-order valence-corrected chi connectivity index (χ3v) is 2.14. The average molecular weight is 224 g/mol. The Kier molecular flexibility index (Phi) is 2.56. The van der Waals surface area contributed by atoms with Gasteiger partial charge in [0.05, 0.1) is 6.20 Å². The van der Waals surface area contributed by atoms with Crippen LogP contribution in [0, 0.1) is 5.82 Å². The van der Waals surface area contributed by atoms with Crippen molar-refractivity contribution in [1.29, 1.82) is 0 Å². The van der Waals surface area contributed by atoms with Gasteiger partial charge >= 0.3 is 0 Å². The zero-order valence-electron chi connectivity index (χ0n) is 7.61. The van der Waals surface area contributed by atoms with Gasteiger partial charge in [-0.05, 0) is 29.8 Å². The number of halogens is 2. The van der Waals surface area contributed by atoms with E-state index in [0.29, 0.717) is 16.1 Å². The highest BCUT2D eigenvalue weighted by molar-refractivity contribution is 6.30. The molecule has 0 aliphatic rings. The van der Waals surface area contributed by atoms with E-state index in [1.807, 2.05) is 0 Å². The Bertz CT molecular complexity index is 481. The van der Waals surface area contributed by atoms with Crippen molar-refractivity contribution in [2.24, 2.45) is 0 Å². The fourth-order valence-corrected chi connectivity index (χ4v) is 1.53. The fourth-order valence-electron chi connectivity index (χ4n) is 1.31. The monoisotopic (exact) mass is 223 g/mol. The molecule has 0 unspecified atom stereocenters. The molecule has 0 bridgehead atoms. The second-order valence-electron chi connectivity index (χ2n) is 3.09. The molecule has 2 nitrogen and oxygen atoms in total. The summed E-state index contributed by atoms with van der Waals surface area (Å²) in [5.41, 5.74) is 1.21. The molecule has 1 N–H and O–H groups in total. The summed E-state index contributed by atoms with van der Waals surface area (Å²) >= 11 is 5.72. The first-order valence-electron chi connectivity index (χ1n) is 4.25. The van der Waals surface area contributed by atoms with Crippen LogP contribution < -0.4 is 0 Å². The lowest BCUT2D eigenvalue weighted by Crippen LogP contribution is -1.82. The first-order chi connectivity index (χ1) is 7.15. The molecule has 0 aliphatic heterocycles. The van der Waals surface area contributed by atoms with E-state index in [2.05, 4.69) is 4.98 Å². The van der Waals surface area contributed by atoms with Gasteiger partial charge in [0, 0.05) is 16.8 Å². The van der Waals surface area contributed by atoms with Crippen LogP contribution in [-0.2, 0) is 0 Å². The predicted octanol–water partition coefficient (Wildman–Crippen LogP) is 3.25. The number of hydrogen-bond donors (Lipinski definition) is 1. The van der Waals surface area contributed by atoms with Crippen LogP contribution in [0.5, 0.6) is 5.75 Å². The van der Waals surface area contributed by atoms with Crippen molar-refractivity contribution in [3.63, 3.8) is 0 Å². The first-order valence-corrected chi connectivity index (χ1v) is 4.63. The molecule has 4 heteroatoms. The second-order valence-corrected chi connectivity index (χ2v) is 3.53. The SMILES string of the molecule is Oc1cncc(-c2cc(F)cc(Cl)c2)c1. The minimum absolute atomic E-state index is 0.0351. The Morgan fingerprint density at radius 1 is 1.07 bits per heavy atom. The molecule has 0 saturated heterocycles. The number of aromatic hydroxyl groups is 1. The lowest BCUT2D eigenvalue weighted by molar-refractivity contribution is 0.473. The van der Waals surface area contributed by atoms with Crippen LogP contribution in [0.25, 0.3) is 11.1 Å². The molecule has 1 heterocycles. The van der Waals surface area contributed by atoms with Gasteiger partial charge in [-0.2, -0.15) is 0 Å². The highest BCUT2D eigenvalue weighted by atomic mass is 35.5. The average Bonchev–Trinajstić information content (AvgIpc) is 2.16. The van der Waals surface area contributed by atoms with Crippen LogP contribution >= 0.6 is 11.6 Å². The number of aromatic nitrogens is 1. The van der Waals surface area contributed by atoms with Gasteiger partial charge in [-0.3, -0.25) is 4.98 Å². The van der Waals surface area contributed by atoms with Crippen LogP contribution in [-0.4, -0.2) is 10.1 Å². The van der Waals surface area contributed by atoms with Gasteiger partial charge in [-0.1, -0.05) is 11.6 Å². The van der Waals surface area contributed by atoms with Crippen molar-refractivity contribution in [2.45, 2.75) is 0 Å². The quantitative estimate of drug-likeness (QED) is 0.805. The van der Waals surface area contributed by atoms with E-state index in [4.69, 9.17) is 11.6 Å². The van der Waals surface area contributed by atoms with Crippen LogP contribution in [0.4, 0.5) is 4.39 Å². The van der Waals surface area contributed by atoms with E-state index in [-0.39, 0.29) is 5.75 Å². The van der Waals surface area contributed by atoms with E-state index in [9.17, 15) is 9.50 Å². The summed E-state index contributed by atoms with van der Waals surface area (Å²) in [6, 6.07) is 5.67. The topological polar surface area (TPSA) is 33.1 Å². The normalized spacial score (nSPS) is 10.3. The van der Waals surface area contributed by atoms with Gasteiger partial charge in [0.1, 0.15) is 11.6 Å². The zero-order chi connectivity index (χ0) is 10.8. The minimum atomic E-state index is -0.416. The smallest absolute Gasteiger partial charge is 0.134 e. The molecule has 0 aliphatic carbocycles. The number of benzene rings is 1.